The molecule has 1 N–H and O–H groups in total. The van der Waals surface area contributed by atoms with Crippen LogP contribution in [0.1, 0.15) is 26.3 Å². The first-order valence-corrected chi connectivity index (χ1v) is 5.76. The minimum atomic E-state index is -0.115. The summed E-state index contributed by atoms with van der Waals surface area (Å²) in [6.45, 7) is 8.85. The Bertz CT molecular complexity index is 382. The maximum absolute atomic E-state index is 14.0. The number of nitrogens with one attached hydrogen (secondary N) is 1. The summed E-state index contributed by atoms with van der Waals surface area (Å²) in [6.07, 6.45) is 0. The Morgan fingerprint density at radius 2 is 2.06 bits per heavy atom. The molecule has 0 aromatic heterocycles. The highest BCUT2D eigenvalue weighted by atomic mass is 19.1. The second-order valence-electron chi connectivity index (χ2n) is 5.25. The topological polar surface area (TPSA) is 15.3 Å². The van der Waals surface area contributed by atoms with E-state index in [0.29, 0.717) is 0 Å². The molecule has 0 amide bonds. The zero-order chi connectivity index (χ0) is 11.8. The molecule has 1 aliphatic heterocycles. The maximum Gasteiger partial charge on any atom is 0.146 e. The molecule has 0 bridgehead atoms. The summed E-state index contributed by atoms with van der Waals surface area (Å²) in [5.41, 5.74) is 1.76. The number of para-hydroxylation sites is 1. The molecular weight excluding hydrogens is 203 g/mol. The van der Waals surface area contributed by atoms with Gasteiger partial charge < -0.3 is 10.2 Å². The summed E-state index contributed by atoms with van der Waals surface area (Å²) < 4.78 is 14.0. The van der Waals surface area contributed by atoms with E-state index >= 15 is 0 Å². The fourth-order valence-electron chi connectivity index (χ4n) is 2.20. The Labute approximate surface area is 96.5 Å². The van der Waals surface area contributed by atoms with Crippen molar-refractivity contribution in [3.8, 4) is 0 Å². The lowest BCUT2D eigenvalue weighted by Crippen LogP contribution is -2.44. The lowest BCUT2D eigenvalue weighted by molar-refractivity contribution is 0.490. The molecule has 0 fully saturated rings. The molecule has 3 heteroatoms. The van der Waals surface area contributed by atoms with E-state index in [4.69, 9.17) is 0 Å². The van der Waals surface area contributed by atoms with E-state index in [1.54, 1.807) is 12.1 Å². The molecule has 0 saturated heterocycles. The molecule has 1 aromatic carbocycles. The molecule has 0 unspecified atom stereocenters. The smallest absolute Gasteiger partial charge is 0.146 e. The van der Waals surface area contributed by atoms with Crippen LogP contribution >= 0.6 is 0 Å². The predicted molar refractivity (Wildman–Crippen MR) is 65.2 cm³/mol. The van der Waals surface area contributed by atoms with Crippen LogP contribution in [-0.4, -0.2) is 18.6 Å². The molecule has 88 valence electrons. The highest BCUT2D eigenvalue weighted by Crippen LogP contribution is 2.31. The molecule has 2 nitrogen and oxygen atoms in total. The van der Waals surface area contributed by atoms with Crippen LogP contribution in [0, 0.1) is 5.82 Å². The van der Waals surface area contributed by atoms with Crippen LogP contribution in [0.2, 0.25) is 0 Å². The standard InChI is InChI=1S/C13H19FN2/c1-13(2,3)16-8-7-15-9-10-5-4-6-11(14)12(10)16/h4-6,15H,7-9H2,1-3H3. The van der Waals surface area contributed by atoms with E-state index in [2.05, 4.69) is 31.0 Å². The fraction of sp³-hybridized carbons (Fsp3) is 0.538. The monoisotopic (exact) mass is 222 g/mol. The molecule has 0 atom stereocenters. The van der Waals surface area contributed by atoms with Crippen LogP contribution < -0.4 is 10.2 Å². The SMILES string of the molecule is CC(C)(C)N1CCNCc2cccc(F)c21. The second-order valence-corrected chi connectivity index (χ2v) is 5.25. The molecule has 1 heterocycles. The number of hydrogen-bond acceptors (Lipinski definition) is 2. The van der Waals surface area contributed by atoms with Crippen molar-refractivity contribution in [3.63, 3.8) is 0 Å². The van der Waals surface area contributed by atoms with E-state index in [1.807, 2.05) is 6.07 Å². The first kappa shape index (κ1) is 11.4. The number of anilines is 1. The van der Waals surface area contributed by atoms with E-state index in [-0.39, 0.29) is 11.4 Å². The number of rotatable bonds is 0. The normalized spacial score (nSPS) is 16.9. The van der Waals surface area contributed by atoms with E-state index in [9.17, 15) is 4.39 Å². The predicted octanol–water partition coefficient (Wildman–Crippen LogP) is 2.53. The number of benzene rings is 1. The summed E-state index contributed by atoms with van der Waals surface area (Å²) >= 11 is 0. The maximum atomic E-state index is 14.0. The molecule has 1 aromatic rings. The van der Waals surface area contributed by atoms with Gasteiger partial charge in [-0.05, 0) is 32.4 Å². The van der Waals surface area contributed by atoms with Crippen molar-refractivity contribution in [1.29, 1.82) is 0 Å². The van der Waals surface area contributed by atoms with Crippen LogP contribution in [0.5, 0.6) is 0 Å². The minimum Gasteiger partial charge on any atom is -0.363 e. The molecule has 1 aliphatic rings. The van der Waals surface area contributed by atoms with Crippen molar-refractivity contribution in [2.75, 3.05) is 18.0 Å². The average Bonchev–Trinajstić information content (AvgIpc) is 2.39. The van der Waals surface area contributed by atoms with E-state index < -0.39 is 0 Å². The fourth-order valence-corrected chi connectivity index (χ4v) is 2.20. The average molecular weight is 222 g/mol. The molecule has 0 saturated carbocycles. The zero-order valence-electron chi connectivity index (χ0n) is 10.2. The molecule has 0 spiro atoms. The summed E-state index contributed by atoms with van der Waals surface area (Å²) in [6, 6.07) is 5.32. The highest BCUT2D eigenvalue weighted by Gasteiger charge is 2.27. The first-order valence-electron chi connectivity index (χ1n) is 5.76. The van der Waals surface area contributed by atoms with Crippen molar-refractivity contribution < 1.29 is 4.39 Å². The number of halogens is 1. The van der Waals surface area contributed by atoms with Crippen molar-refractivity contribution in [3.05, 3.63) is 29.6 Å². The Morgan fingerprint density at radius 3 is 2.75 bits per heavy atom. The van der Waals surface area contributed by atoms with Crippen molar-refractivity contribution in [2.45, 2.75) is 32.9 Å². The Hall–Kier alpha value is -1.09. The van der Waals surface area contributed by atoms with Gasteiger partial charge in [0.25, 0.3) is 0 Å². The van der Waals surface area contributed by atoms with Crippen LogP contribution in [0.15, 0.2) is 18.2 Å². The number of fused-ring (bicyclic) bond motifs is 1. The summed E-state index contributed by atoms with van der Waals surface area (Å²) in [4.78, 5) is 2.15. The largest absolute Gasteiger partial charge is 0.363 e. The minimum absolute atomic E-state index is 0.0526. The van der Waals surface area contributed by atoms with Gasteiger partial charge >= 0.3 is 0 Å². The molecule has 2 rings (SSSR count). The van der Waals surface area contributed by atoms with Crippen LogP contribution in [-0.2, 0) is 6.54 Å². The Balaban J connectivity index is 2.51. The summed E-state index contributed by atoms with van der Waals surface area (Å²) in [7, 11) is 0. The van der Waals surface area contributed by atoms with Gasteiger partial charge in [0.05, 0.1) is 5.69 Å². The summed E-state index contributed by atoms with van der Waals surface area (Å²) in [5.74, 6) is -0.115. The van der Waals surface area contributed by atoms with Crippen molar-refractivity contribution >= 4 is 5.69 Å². The van der Waals surface area contributed by atoms with Gasteiger partial charge in [0.2, 0.25) is 0 Å². The quantitative estimate of drug-likeness (QED) is 0.725. The van der Waals surface area contributed by atoms with Gasteiger partial charge in [-0.15, -0.1) is 0 Å². The van der Waals surface area contributed by atoms with Gasteiger partial charge in [0.15, 0.2) is 0 Å². The second kappa shape index (κ2) is 4.06. The molecule has 0 radical (unpaired) electrons. The van der Waals surface area contributed by atoms with Gasteiger partial charge in [0.1, 0.15) is 5.82 Å². The Kier molecular flexibility index (Phi) is 2.89. The first-order chi connectivity index (χ1) is 7.50. The van der Waals surface area contributed by atoms with E-state index in [1.165, 1.54) is 0 Å². The third-order valence-corrected chi connectivity index (χ3v) is 2.98. The van der Waals surface area contributed by atoms with Crippen LogP contribution in [0.4, 0.5) is 10.1 Å². The van der Waals surface area contributed by atoms with Gasteiger partial charge in [-0.25, -0.2) is 4.39 Å². The van der Waals surface area contributed by atoms with Gasteiger partial charge in [-0.1, -0.05) is 12.1 Å². The van der Waals surface area contributed by atoms with Crippen molar-refractivity contribution in [2.24, 2.45) is 0 Å². The van der Waals surface area contributed by atoms with Gasteiger partial charge in [0, 0.05) is 25.2 Å². The summed E-state index contributed by atoms with van der Waals surface area (Å²) in [5, 5.41) is 3.32. The lowest BCUT2D eigenvalue weighted by atomic mass is 10.0. The zero-order valence-corrected chi connectivity index (χ0v) is 10.2. The van der Waals surface area contributed by atoms with Crippen LogP contribution in [0.3, 0.4) is 0 Å². The Morgan fingerprint density at radius 1 is 1.31 bits per heavy atom. The highest BCUT2D eigenvalue weighted by molar-refractivity contribution is 5.57. The van der Waals surface area contributed by atoms with Gasteiger partial charge in [-0.2, -0.15) is 0 Å². The van der Waals surface area contributed by atoms with Crippen LogP contribution in [0.25, 0.3) is 0 Å². The van der Waals surface area contributed by atoms with E-state index in [0.717, 1.165) is 30.9 Å². The number of nitrogens with zero attached hydrogens (tertiary/aromatic N) is 1. The van der Waals surface area contributed by atoms with Gasteiger partial charge in [-0.3, -0.25) is 0 Å². The third kappa shape index (κ3) is 2.05. The molecular formula is C13H19FN2. The lowest BCUT2D eigenvalue weighted by Gasteiger charge is -2.37. The molecule has 16 heavy (non-hydrogen) atoms. The third-order valence-electron chi connectivity index (χ3n) is 2.98. The molecule has 0 aliphatic carbocycles. The van der Waals surface area contributed by atoms with Crippen molar-refractivity contribution in [1.82, 2.24) is 5.32 Å². The number of hydrogen-bond donors (Lipinski definition) is 1.